The molecule has 0 saturated heterocycles. The van der Waals surface area contributed by atoms with E-state index in [1.807, 2.05) is 30.3 Å². The normalized spacial score (nSPS) is 15.4. The molecule has 0 bridgehead atoms. The average Bonchev–Trinajstić information content (AvgIpc) is 3.09. The van der Waals surface area contributed by atoms with Gasteiger partial charge >= 0.3 is 6.18 Å². The van der Waals surface area contributed by atoms with Gasteiger partial charge in [0.15, 0.2) is 0 Å². The largest absolute Gasteiger partial charge is 0.486 e. The first-order valence-electron chi connectivity index (χ1n) is 16.0. The van der Waals surface area contributed by atoms with Gasteiger partial charge in [0.05, 0.1) is 5.56 Å². The summed E-state index contributed by atoms with van der Waals surface area (Å²) in [5.41, 5.74) is 1.74. The minimum Gasteiger partial charge on any atom is -0.486 e. The molecule has 0 fully saturated rings. The monoisotopic (exact) mass is 649 g/mol. The van der Waals surface area contributed by atoms with Crippen LogP contribution in [0.4, 0.5) is 13.2 Å². The molecular weight excluding hydrogens is 610 g/mol. The van der Waals surface area contributed by atoms with E-state index in [1.54, 1.807) is 0 Å². The fourth-order valence-electron chi connectivity index (χ4n) is 6.38. The number of likely N-dealkylation sites (N-methyl/N-ethyl adjacent to an activating group) is 1. The quantitative estimate of drug-likeness (QED) is 0.0989. The molecule has 1 aliphatic carbocycles. The van der Waals surface area contributed by atoms with E-state index in [9.17, 15) is 13.2 Å². The van der Waals surface area contributed by atoms with Crippen molar-refractivity contribution < 1.29 is 17.9 Å². The number of rotatable bonds is 12. The molecule has 6 rings (SSSR count). The minimum atomic E-state index is -4.37. The van der Waals surface area contributed by atoms with Crippen molar-refractivity contribution in [3.8, 4) is 5.75 Å². The van der Waals surface area contributed by atoms with Gasteiger partial charge in [-0.2, -0.15) is 13.2 Å². The Hall–Kier alpha value is -4.31. The Morgan fingerprint density at radius 1 is 0.723 bits per heavy atom. The standard InChI is InChI=1S/C41H39F3NOP/c1-45(27-26-40(34-14-6-2-7-15-34)46-36-24-22-35(23-25-36)41(42,43)44)30-32-28-33(29-32)31-47(37-16-8-3-9-17-37,38-18-10-4-11-19-38)39-20-12-5-13-21-39/h2-25,28,31,33,40H,26-27,29-30H2,1H3. The van der Waals surface area contributed by atoms with Crippen LogP contribution in [0.15, 0.2) is 157 Å². The summed E-state index contributed by atoms with van der Waals surface area (Å²) in [6.07, 6.45) is -0.508. The Kier molecular flexibility index (Phi) is 10.2. The van der Waals surface area contributed by atoms with Crippen LogP contribution in [0.2, 0.25) is 0 Å². The molecule has 0 aliphatic heterocycles. The van der Waals surface area contributed by atoms with Crippen molar-refractivity contribution in [3.05, 3.63) is 168 Å². The molecule has 2 unspecified atom stereocenters. The zero-order chi connectivity index (χ0) is 32.7. The van der Waals surface area contributed by atoms with Crippen molar-refractivity contribution in [2.45, 2.75) is 25.1 Å². The second kappa shape index (κ2) is 14.6. The van der Waals surface area contributed by atoms with E-state index >= 15 is 0 Å². The second-order valence-corrected chi connectivity index (χ2v) is 15.4. The summed E-state index contributed by atoms with van der Waals surface area (Å²) in [5, 5.41) is 4.07. The third-order valence-corrected chi connectivity index (χ3v) is 12.9. The summed E-state index contributed by atoms with van der Waals surface area (Å²) >= 11 is 0. The van der Waals surface area contributed by atoms with E-state index in [0.717, 1.165) is 37.2 Å². The van der Waals surface area contributed by atoms with E-state index in [2.05, 4.69) is 115 Å². The lowest BCUT2D eigenvalue weighted by Crippen LogP contribution is -2.31. The van der Waals surface area contributed by atoms with Crippen LogP contribution in [0.5, 0.6) is 5.75 Å². The summed E-state index contributed by atoms with van der Waals surface area (Å²) < 4.78 is 45.5. The Bertz CT molecular complexity index is 1700. The molecule has 6 heteroatoms. The van der Waals surface area contributed by atoms with Gasteiger partial charge in [-0.25, -0.2) is 0 Å². The van der Waals surface area contributed by atoms with Crippen LogP contribution in [0, 0.1) is 5.92 Å². The molecule has 47 heavy (non-hydrogen) atoms. The summed E-state index contributed by atoms with van der Waals surface area (Å²) in [7, 11) is 2.12. The first-order valence-corrected chi connectivity index (χ1v) is 17.9. The number of nitrogens with zero attached hydrogens (tertiary/aromatic N) is 1. The molecule has 0 spiro atoms. The number of allylic oxidation sites excluding steroid dienone is 1. The van der Waals surface area contributed by atoms with Crippen molar-refractivity contribution in [1.82, 2.24) is 4.90 Å². The van der Waals surface area contributed by atoms with Crippen molar-refractivity contribution in [2.24, 2.45) is 5.92 Å². The molecule has 0 saturated carbocycles. The van der Waals surface area contributed by atoms with E-state index in [0.29, 0.717) is 18.1 Å². The second-order valence-electron chi connectivity index (χ2n) is 12.1. The highest BCUT2D eigenvalue weighted by molar-refractivity contribution is 7.94. The maximum Gasteiger partial charge on any atom is 0.416 e. The lowest BCUT2D eigenvalue weighted by atomic mass is 9.88. The van der Waals surface area contributed by atoms with E-state index in [-0.39, 0.29) is 6.10 Å². The maximum absolute atomic E-state index is 13.1. The van der Waals surface area contributed by atoms with E-state index in [4.69, 9.17) is 4.74 Å². The highest BCUT2D eigenvalue weighted by atomic mass is 31.2. The summed E-state index contributed by atoms with van der Waals surface area (Å²) in [5.74, 6) is 3.42. The summed E-state index contributed by atoms with van der Waals surface area (Å²) in [6.45, 7) is -0.364. The average molecular weight is 650 g/mol. The van der Waals surface area contributed by atoms with E-state index in [1.165, 1.54) is 33.6 Å². The van der Waals surface area contributed by atoms with Gasteiger partial charge in [0.1, 0.15) is 11.9 Å². The molecule has 0 amide bonds. The molecule has 0 N–H and O–H groups in total. The van der Waals surface area contributed by atoms with Gasteiger partial charge in [-0.05, 0) is 66.1 Å². The van der Waals surface area contributed by atoms with Crippen LogP contribution in [-0.4, -0.2) is 30.8 Å². The zero-order valence-corrected chi connectivity index (χ0v) is 27.3. The van der Waals surface area contributed by atoms with Crippen LogP contribution in [-0.2, 0) is 6.18 Å². The van der Waals surface area contributed by atoms with Crippen molar-refractivity contribution >= 4 is 28.6 Å². The molecular formula is C41H39F3NOP. The van der Waals surface area contributed by atoms with Gasteiger partial charge in [-0.15, -0.1) is 0 Å². The fraction of sp³-hybridized carbons (Fsp3) is 0.195. The number of halogens is 3. The first-order chi connectivity index (χ1) is 22.8. The molecule has 1 aliphatic rings. The lowest BCUT2D eigenvalue weighted by Gasteiger charge is -2.34. The fourth-order valence-corrected chi connectivity index (χ4v) is 10.5. The number of hydrogen-bond acceptors (Lipinski definition) is 2. The van der Waals surface area contributed by atoms with Crippen LogP contribution >= 0.6 is 6.89 Å². The third kappa shape index (κ3) is 7.81. The Balaban J connectivity index is 1.18. The molecule has 0 aromatic heterocycles. The van der Waals surface area contributed by atoms with Crippen LogP contribution < -0.4 is 20.7 Å². The zero-order valence-electron chi connectivity index (χ0n) is 26.4. The Morgan fingerprint density at radius 3 is 1.66 bits per heavy atom. The van der Waals surface area contributed by atoms with Gasteiger partial charge in [0, 0.05) is 25.4 Å². The molecule has 240 valence electrons. The Morgan fingerprint density at radius 2 is 1.19 bits per heavy atom. The predicted molar refractivity (Wildman–Crippen MR) is 191 cm³/mol. The SMILES string of the molecule is CN(CCC(Oc1ccc(C(F)(F)F)cc1)c1ccccc1)CC1=CC(C=P(c2ccccc2)(c2ccccc2)c2ccccc2)C1. The van der Waals surface area contributed by atoms with Crippen LogP contribution in [0.3, 0.4) is 0 Å². The molecule has 5 aromatic carbocycles. The molecule has 0 heterocycles. The number of ether oxygens (including phenoxy) is 1. The highest BCUT2D eigenvalue weighted by Crippen LogP contribution is 2.46. The molecule has 0 radical (unpaired) electrons. The smallest absolute Gasteiger partial charge is 0.416 e. The van der Waals surface area contributed by atoms with Gasteiger partial charge in [0.25, 0.3) is 0 Å². The summed E-state index contributed by atoms with van der Waals surface area (Å²) in [6, 6.07) is 47.6. The highest BCUT2D eigenvalue weighted by Gasteiger charge is 2.31. The minimum absolute atomic E-state index is 0.278. The van der Waals surface area contributed by atoms with E-state index < -0.39 is 18.6 Å². The number of alkyl halides is 3. The lowest BCUT2D eigenvalue weighted by molar-refractivity contribution is -0.137. The van der Waals surface area contributed by atoms with Crippen LogP contribution in [0.25, 0.3) is 0 Å². The molecule has 2 nitrogen and oxygen atoms in total. The predicted octanol–water partition coefficient (Wildman–Crippen LogP) is 8.89. The number of benzene rings is 5. The first kappa shape index (κ1) is 32.6. The van der Waals surface area contributed by atoms with Crippen molar-refractivity contribution in [2.75, 3.05) is 20.1 Å². The maximum atomic E-state index is 13.1. The molecule has 5 aromatic rings. The Labute approximate surface area is 276 Å². The van der Waals surface area contributed by atoms with Crippen LogP contribution in [0.1, 0.15) is 30.1 Å². The van der Waals surface area contributed by atoms with Crippen molar-refractivity contribution in [1.29, 1.82) is 0 Å². The van der Waals surface area contributed by atoms with Gasteiger partial charge in [-0.3, -0.25) is 0 Å². The number of hydrogen-bond donors (Lipinski definition) is 0. The third-order valence-electron chi connectivity index (χ3n) is 8.73. The van der Waals surface area contributed by atoms with Gasteiger partial charge < -0.3 is 9.64 Å². The van der Waals surface area contributed by atoms with Crippen molar-refractivity contribution in [3.63, 3.8) is 0 Å². The van der Waals surface area contributed by atoms with Gasteiger partial charge in [0.2, 0.25) is 0 Å². The summed E-state index contributed by atoms with van der Waals surface area (Å²) in [4.78, 5) is 2.31. The molecule has 2 atom stereocenters. The topological polar surface area (TPSA) is 12.5 Å². The van der Waals surface area contributed by atoms with Gasteiger partial charge in [-0.1, -0.05) is 139 Å².